The lowest BCUT2D eigenvalue weighted by atomic mass is 9.83. The summed E-state index contributed by atoms with van der Waals surface area (Å²) >= 11 is 0. The maximum Gasteiger partial charge on any atom is 0.416 e. The van der Waals surface area contributed by atoms with E-state index >= 15 is 0 Å². The topological polar surface area (TPSA) is 12.0 Å². The molecule has 0 aromatic heterocycles. The van der Waals surface area contributed by atoms with Gasteiger partial charge in [-0.3, -0.25) is 0 Å². The fourth-order valence-electron chi connectivity index (χ4n) is 2.01. The Labute approximate surface area is 92.7 Å². The van der Waals surface area contributed by atoms with E-state index in [0.717, 1.165) is 24.6 Å². The zero-order chi connectivity index (χ0) is 11.8. The molecule has 1 aromatic rings. The van der Waals surface area contributed by atoms with E-state index in [1.807, 2.05) is 6.92 Å². The first kappa shape index (κ1) is 11.5. The van der Waals surface area contributed by atoms with Crippen LogP contribution in [-0.4, -0.2) is 12.1 Å². The van der Waals surface area contributed by atoms with E-state index in [9.17, 15) is 13.2 Å². The summed E-state index contributed by atoms with van der Waals surface area (Å²) in [5.41, 5.74) is 0.155. The van der Waals surface area contributed by atoms with Crippen LogP contribution in [-0.2, 0) is 12.6 Å². The maximum atomic E-state index is 12.5. The number of halogens is 3. The molecule has 0 radical (unpaired) electrons. The molecule has 16 heavy (non-hydrogen) atoms. The largest absolute Gasteiger partial charge is 0.416 e. The van der Waals surface area contributed by atoms with Gasteiger partial charge >= 0.3 is 6.18 Å². The van der Waals surface area contributed by atoms with Crippen molar-refractivity contribution in [1.82, 2.24) is 5.32 Å². The Kier molecular flexibility index (Phi) is 2.70. The molecular formula is C12H14F3N. The Morgan fingerprint density at radius 3 is 2.56 bits per heavy atom. The number of rotatable bonds is 2. The molecule has 2 rings (SSSR count). The standard InChI is InChI=1S/C12H14F3N/c1-11(5-6-16-11)8-9-3-2-4-10(7-9)12(13,14)15/h2-4,7,16H,5-6,8H2,1H3. The van der Waals surface area contributed by atoms with Crippen LogP contribution in [0.5, 0.6) is 0 Å². The minimum Gasteiger partial charge on any atom is -0.311 e. The summed E-state index contributed by atoms with van der Waals surface area (Å²) in [6.45, 7) is 2.99. The van der Waals surface area contributed by atoms with Gasteiger partial charge in [-0.05, 0) is 37.9 Å². The van der Waals surface area contributed by atoms with Crippen molar-refractivity contribution in [2.45, 2.75) is 31.5 Å². The quantitative estimate of drug-likeness (QED) is 0.822. The molecule has 1 unspecified atom stereocenters. The number of hydrogen-bond donors (Lipinski definition) is 1. The first-order chi connectivity index (χ1) is 7.39. The third kappa shape index (κ3) is 2.38. The van der Waals surface area contributed by atoms with Crippen LogP contribution in [0, 0.1) is 0 Å². The average Bonchev–Trinajstić information content (AvgIpc) is 2.14. The van der Waals surface area contributed by atoms with E-state index in [0.29, 0.717) is 6.42 Å². The van der Waals surface area contributed by atoms with Gasteiger partial charge in [0.1, 0.15) is 0 Å². The van der Waals surface area contributed by atoms with Crippen LogP contribution in [0.15, 0.2) is 24.3 Å². The van der Waals surface area contributed by atoms with Gasteiger partial charge in [0, 0.05) is 5.54 Å². The third-order valence-electron chi connectivity index (χ3n) is 3.08. The molecule has 1 nitrogen and oxygen atoms in total. The van der Waals surface area contributed by atoms with Crippen molar-refractivity contribution in [3.8, 4) is 0 Å². The monoisotopic (exact) mass is 229 g/mol. The lowest BCUT2D eigenvalue weighted by Crippen LogP contribution is -2.55. The van der Waals surface area contributed by atoms with E-state index in [4.69, 9.17) is 0 Å². The fraction of sp³-hybridized carbons (Fsp3) is 0.500. The predicted molar refractivity (Wildman–Crippen MR) is 56.2 cm³/mol. The summed E-state index contributed by atoms with van der Waals surface area (Å²) in [5, 5.41) is 3.25. The highest BCUT2D eigenvalue weighted by atomic mass is 19.4. The summed E-state index contributed by atoms with van der Waals surface area (Å²) in [6, 6.07) is 5.58. The summed E-state index contributed by atoms with van der Waals surface area (Å²) < 4.78 is 37.4. The smallest absolute Gasteiger partial charge is 0.311 e. The third-order valence-corrected chi connectivity index (χ3v) is 3.08. The Hall–Kier alpha value is -1.03. The maximum absolute atomic E-state index is 12.5. The minimum atomic E-state index is -4.25. The van der Waals surface area contributed by atoms with Crippen molar-refractivity contribution in [2.75, 3.05) is 6.54 Å². The normalized spacial score (nSPS) is 25.2. The molecule has 0 saturated carbocycles. The molecular weight excluding hydrogens is 215 g/mol. The van der Waals surface area contributed by atoms with Gasteiger partial charge in [-0.15, -0.1) is 0 Å². The summed E-state index contributed by atoms with van der Waals surface area (Å²) in [5.74, 6) is 0. The van der Waals surface area contributed by atoms with Gasteiger partial charge in [-0.25, -0.2) is 0 Å². The molecule has 88 valence electrons. The number of alkyl halides is 3. The molecule has 1 aromatic carbocycles. The zero-order valence-electron chi connectivity index (χ0n) is 9.06. The molecule has 1 N–H and O–H groups in total. The number of benzene rings is 1. The molecule has 1 atom stereocenters. The first-order valence-corrected chi connectivity index (χ1v) is 5.30. The van der Waals surface area contributed by atoms with Gasteiger partial charge in [0.2, 0.25) is 0 Å². The highest BCUT2D eigenvalue weighted by molar-refractivity contribution is 5.27. The second-order valence-electron chi connectivity index (χ2n) is 4.61. The highest BCUT2D eigenvalue weighted by Gasteiger charge is 2.33. The van der Waals surface area contributed by atoms with Crippen molar-refractivity contribution >= 4 is 0 Å². The Bertz CT molecular complexity index is 380. The van der Waals surface area contributed by atoms with Crippen molar-refractivity contribution in [3.63, 3.8) is 0 Å². The van der Waals surface area contributed by atoms with Crippen LogP contribution in [0.1, 0.15) is 24.5 Å². The summed E-state index contributed by atoms with van der Waals surface area (Å²) in [7, 11) is 0. The fourth-order valence-corrected chi connectivity index (χ4v) is 2.01. The second kappa shape index (κ2) is 3.77. The van der Waals surface area contributed by atoms with E-state index in [-0.39, 0.29) is 5.54 Å². The molecule has 0 aliphatic carbocycles. The molecule has 1 saturated heterocycles. The van der Waals surface area contributed by atoms with Gasteiger partial charge in [0.15, 0.2) is 0 Å². The summed E-state index contributed by atoms with van der Waals surface area (Å²) in [4.78, 5) is 0. The van der Waals surface area contributed by atoms with Gasteiger partial charge < -0.3 is 5.32 Å². The zero-order valence-corrected chi connectivity index (χ0v) is 9.06. The lowest BCUT2D eigenvalue weighted by Gasteiger charge is -2.40. The Morgan fingerprint density at radius 2 is 2.06 bits per heavy atom. The van der Waals surface area contributed by atoms with Crippen LogP contribution in [0.3, 0.4) is 0 Å². The molecule has 0 bridgehead atoms. The predicted octanol–water partition coefficient (Wildman–Crippen LogP) is 3.00. The van der Waals surface area contributed by atoms with Crippen LogP contribution < -0.4 is 5.32 Å². The van der Waals surface area contributed by atoms with Crippen molar-refractivity contribution in [3.05, 3.63) is 35.4 Å². The van der Waals surface area contributed by atoms with Gasteiger partial charge in [-0.1, -0.05) is 18.2 Å². The molecule has 0 spiro atoms. The van der Waals surface area contributed by atoms with E-state index in [1.54, 1.807) is 6.07 Å². The van der Waals surface area contributed by atoms with E-state index in [1.165, 1.54) is 12.1 Å². The molecule has 0 amide bonds. The van der Waals surface area contributed by atoms with Gasteiger partial charge in [0.25, 0.3) is 0 Å². The van der Waals surface area contributed by atoms with E-state index in [2.05, 4.69) is 5.32 Å². The number of nitrogens with one attached hydrogen (secondary N) is 1. The Balaban J connectivity index is 2.16. The van der Waals surface area contributed by atoms with Gasteiger partial charge in [-0.2, -0.15) is 13.2 Å². The second-order valence-corrected chi connectivity index (χ2v) is 4.61. The van der Waals surface area contributed by atoms with Crippen LogP contribution in [0.2, 0.25) is 0 Å². The van der Waals surface area contributed by atoms with Crippen LogP contribution >= 0.6 is 0 Å². The number of hydrogen-bond acceptors (Lipinski definition) is 1. The van der Waals surface area contributed by atoms with Crippen LogP contribution in [0.25, 0.3) is 0 Å². The SMILES string of the molecule is CC1(Cc2cccc(C(F)(F)F)c2)CCN1. The van der Waals surface area contributed by atoms with Gasteiger partial charge in [0.05, 0.1) is 5.56 Å². The summed E-state index contributed by atoms with van der Waals surface area (Å²) in [6.07, 6.45) is -2.58. The molecule has 4 heteroatoms. The molecule has 1 fully saturated rings. The molecule has 1 aliphatic rings. The molecule has 1 heterocycles. The Morgan fingerprint density at radius 1 is 1.38 bits per heavy atom. The van der Waals surface area contributed by atoms with Crippen molar-refractivity contribution in [2.24, 2.45) is 0 Å². The lowest BCUT2D eigenvalue weighted by molar-refractivity contribution is -0.137. The first-order valence-electron chi connectivity index (χ1n) is 5.30. The van der Waals surface area contributed by atoms with Crippen molar-refractivity contribution in [1.29, 1.82) is 0 Å². The minimum absolute atomic E-state index is 0.0236. The average molecular weight is 229 g/mol. The van der Waals surface area contributed by atoms with Crippen LogP contribution in [0.4, 0.5) is 13.2 Å². The molecule has 1 aliphatic heterocycles. The highest BCUT2D eigenvalue weighted by Crippen LogP contribution is 2.31. The van der Waals surface area contributed by atoms with Crippen molar-refractivity contribution < 1.29 is 13.2 Å². The van der Waals surface area contributed by atoms with E-state index < -0.39 is 11.7 Å².